The molecule has 0 aromatic heterocycles. The summed E-state index contributed by atoms with van der Waals surface area (Å²) in [5, 5.41) is 0. The van der Waals surface area contributed by atoms with E-state index in [0.717, 1.165) is 12.0 Å². The maximum Gasteiger partial charge on any atom is 0.185 e. The molecule has 0 unspecified atom stereocenters. The maximum absolute atomic E-state index is 12.9. The van der Waals surface area contributed by atoms with Gasteiger partial charge in [-0.3, -0.25) is 4.79 Å². The highest BCUT2D eigenvalue weighted by Crippen LogP contribution is 2.09. The van der Waals surface area contributed by atoms with Crippen LogP contribution in [0.1, 0.15) is 29.3 Å². The van der Waals surface area contributed by atoms with Crippen LogP contribution in [0.3, 0.4) is 0 Å². The van der Waals surface area contributed by atoms with Crippen molar-refractivity contribution < 1.29 is 9.18 Å². The third-order valence-corrected chi connectivity index (χ3v) is 1.83. The zero-order valence-electron chi connectivity index (χ0n) is 8.38. The maximum atomic E-state index is 12.9. The summed E-state index contributed by atoms with van der Waals surface area (Å²) >= 11 is 0. The normalized spacial score (nSPS) is 10.8. The van der Waals surface area contributed by atoms with Gasteiger partial charge in [-0.25, -0.2) is 4.39 Å². The Balaban J connectivity index is 2.95. The van der Waals surface area contributed by atoms with Crippen molar-refractivity contribution in [1.29, 1.82) is 0 Å². The molecule has 0 aliphatic carbocycles. The number of rotatable bonds is 3. The molecule has 0 radical (unpaired) electrons. The van der Waals surface area contributed by atoms with Crippen LogP contribution in [0.5, 0.6) is 0 Å². The molecule has 0 saturated heterocycles. The Morgan fingerprint density at radius 3 is 2.71 bits per heavy atom. The number of halogens is 1. The number of ketones is 1. The van der Waals surface area contributed by atoms with E-state index in [1.54, 1.807) is 19.1 Å². The molecule has 0 fully saturated rings. The van der Waals surface area contributed by atoms with Crippen molar-refractivity contribution in [2.45, 2.75) is 20.3 Å². The van der Waals surface area contributed by atoms with Gasteiger partial charge >= 0.3 is 0 Å². The molecule has 0 spiro atoms. The lowest BCUT2D eigenvalue weighted by Gasteiger charge is -1.98. The highest BCUT2D eigenvalue weighted by molar-refractivity contribution is 6.04. The highest BCUT2D eigenvalue weighted by Gasteiger charge is 2.03. The molecule has 0 N–H and O–H groups in total. The van der Waals surface area contributed by atoms with Gasteiger partial charge in [0.1, 0.15) is 5.82 Å². The summed E-state index contributed by atoms with van der Waals surface area (Å²) < 4.78 is 12.9. The van der Waals surface area contributed by atoms with Crippen LogP contribution in [0.25, 0.3) is 0 Å². The van der Waals surface area contributed by atoms with Gasteiger partial charge in [-0.1, -0.05) is 13.0 Å². The van der Waals surface area contributed by atoms with E-state index in [1.807, 2.05) is 6.92 Å². The first-order chi connectivity index (χ1) is 6.63. The van der Waals surface area contributed by atoms with Crippen LogP contribution in [0, 0.1) is 12.7 Å². The van der Waals surface area contributed by atoms with Gasteiger partial charge in [-0.2, -0.15) is 0 Å². The molecule has 0 aliphatic rings. The van der Waals surface area contributed by atoms with Crippen molar-refractivity contribution in [2.75, 3.05) is 0 Å². The van der Waals surface area contributed by atoms with E-state index in [-0.39, 0.29) is 11.6 Å². The van der Waals surface area contributed by atoms with Gasteiger partial charge in [0.2, 0.25) is 0 Å². The van der Waals surface area contributed by atoms with Gasteiger partial charge in [0, 0.05) is 5.56 Å². The number of benzene rings is 1. The minimum Gasteiger partial charge on any atom is -0.289 e. The van der Waals surface area contributed by atoms with E-state index >= 15 is 0 Å². The fraction of sp³-hybridized carbons (Fsp3) is 0.250. The lowest BCUT2D eigenvalue weighted by Crippen LogP contribution is -1.96. The van der Waals surface area contributed by atoms with E-state index in [4.69, 9.17) is 0 Å². The van der Waals surface area contributed by atoms with Gasteiger partial charge in [-0.15, -0.1) is 0 Å². The topological polar surface area (TPSA) is 17.1 Å². The summed E-state index contributed by atoms with van der Waals surface area (Å²) in [5.41, 5.74) is 1.17. The van der Waals surface area contributed by atoms with Crippen molar-refractivity contribution in [3.05, 3.63) is 47.3 Å². The first kappa shape index (κ1) is 10.6. The van der Waals surface area contributed by atoms with E-state index in [9.17, 15) is 9.18 Å². The number of aryl methyl sites for hydroxylation is 1. The van der Waals surface area contributed by atoms with Crippen LogP contribution >= 0.6 is 0 Å². The number of allylic oxidation sites excluding steroid dienone is 2. The second-order valence-electron chi connectivity index (χ2n) is 3.19. The summed E-state index contributed by atoms with van der Waals surface area (Å²) in [6.45, 7) is 3.71. The van der Waals surface area contributed by atoms with Crippen LogP contribution in [0.15, 0.2) is 30.4 Å². The Morgan fingerprint density at radius 1 is 1.43 bits per heavy atom. The van der Waals surface area contributed by atoms with Crippen LogP contribution in [0.4, 0.5) is 4.39 Å². The molecule has 0 heterocycles. The third-order valence-electron chi connectivity index (χ3n) is 1.83. The summed E-state index contributed by atoms with van der Waals surface area (Å²) in [5.74, 6) is -0.507. The molecular formula is C12H13FO. The largest absolute Gasteiger partial charge is 0.289 e. The number of carbonyl (C=O) groups is 1. The van der Waals surface area contributed by atoms with Gasteiger partial charge in [0.25, 0.3) is 0 Å². The molecule has 0 saturated carbocycles. The van der Waals surface area contributed by atoms with Crippen molar-refractivity contribution in [1.82, 2.24) is 0 Å². The van der Waals surface area contributed by atoms with Gasteiger partial charge in [-0.05, 0) is 43.2 Å². The molecular weight excluding hydrogens is 179 g/mol. The molecule has 74 valence electrons. The Bertz CT molecular complexity index is 346. The summed E-state index contributed by atoms with van der Waals surface area (Å²) in [4.78, 5) is 11.5. The van der Waals surface area contributed by atoms with Crippen LogP contribution in [-0.4, -0.2) is 5.78 Å². The standard InChI is InChI=1S/C12H13FO/c1-3-4-5-12(14)10-6-9(2)7-11(13)8-10/h4-8H,3H2,1-2H3/b5-4+. The van der Waals surface area contributed by atoms with Crippen LogP contribution in [0.2, 0.25) is 0 Å². The van der Waals surface area contributed by atoms with Crippen LogP contribution in [-0.2, 0) is 0 Å². The third kappa shape index (κ3) is 2.80. The summed E-state index contributed by atoms with van der Waals surface area (Å²) in [6.07, 6.45) is 4.05. The molecule has 1 aromatic rings. The molecule has 2 heteroatoms. The Kier molecular flexibility index (Phi) is 3.57. The van der Waals surface area contributed by atoms with Crippen molar-refractivity contribution >= 4 is 5.78 Å². The predicted octanol–water partition coefficient (Wildman–Crippen LogP) is 3.28. The SMILES string of the molecule is CC/C=C/C(=O)c1cc(C)cc(F)c1. The Labute approximate surface area is 83.3 Å². The van der Waals surface area contributed by atoms with E-state index < -0.39 is 0 Å². The minimum atomic E-state index is -0.363. The monoisotopic (exact) mass is 192 g/mol. The first-order valence-corrected chi connectivity index (χ1v) is 4.61. The smallest absolute Gasteiger partial charge is 0.185 e. The van der Waals surface area contributed by atoms with Crippen molar-refractivity contribution in [3.63, 3.8) is 0 Å². The van der Waals surface area contributed by atoms with Crippen LogP contribution < -0.4 is 0 Å². The summed E-state index contributed by atoms with van der Waals surface area (Å²) in [7, 11) is 0. The van der Waals surface area contributed by atoms with E-state index in [0.29, 0.717) is 5.56 Å². The molecule has 1 aromatic carbocycles. The second kappa shape index (κ2) is 4.70. The molecule has 0 atom stereocenters. The minimum absolute atomic E-state index is 0.144. The van der Waals surface area contributed by atoms with Crippen molar-refractivity contribution in [3.8, 4) is 0 Å². The Hall–Kier alpha value is -1.44. The molecule has 14 heavy (non-hydrogen) atoms. The van der Waals surface area contributed by atoms with E-state index in [1.165, 1.54) is 18.2 Å². The second-order valence-corrected chi connectivity index (χ2v) is 3.19. The predicted molar refractivity (Wildman–Crippen MR) is 54.9 cm³/mol. The zero-order valence-corrected chi connectivity index (χ0v) is 8.38. The van der Waals surface area contributed by atoms with Gasteiger partial charge < -0.3 is 0 Å². The quantitative estimate of drug-likeness (QED) is 0.530. The first-order valence-electron chi connectivity index (χ1n) is 4.61. The average molecular weight is 192 g/mol. The van der Waals surface area contributed by atoms with Gasteiger partial charge in [0.15, 0.2) is 5.78 Å². The van der Waals surface area contributed by atoms with E-state index in [2.05, 4.69) is 0 Å². The molecule has 0 bridgehead atoms. The fourth-order valence-electron chi connectivity index (χ4n) is 1.20. The molecule has 0 aliphatic heterocycles. The summed E-state index contributed by atoms with van der Waals surface area (Å²) in [6, 6.07) is 4.35. The number of carbonyl (C=O) groups excluding carboxylic acids is 1. The number of hydrogen-bond acceptors (Lipinski definition) is 1. The molecule has 1 rings (SSSR count). The lowest BCUT2D eigenvalue weighted by atomic mass is 10.1. The zero-order chi connectivity index (χ0) is 10.6. The number of hydrogen-bond donors (Lipinski definition) is 0. The van der Waals surface area contributed by atoms with Crippen molar-refractivity contribution in [2.24, 2.45) is 0 Å². The molecule has 0 amide bonds. The highest BCUT2D eigenvalue weighted by atomic mass is 19.1. The molecule has 1 nitrogen and oxygen atoms in total. The average Bonchev–Trinajstić information content (AvgIpc) is 2.12. The fourth-order valence-corrected chi connectivity index (χ4v) is 1.20. The lowest BCUT2D eigenvalue weighted by molar-refractivity contribution is 0.104. The Morgan fingerprint density at radius 2 is 2.14 bits per heavy atom. The van der Waals surface area contributed by atoms with Gasteiger partial charge in [0.05, 0.1) is 0 Å².